The van der Waals surface area contributed by atoms with E-state index in [0.717, 1.165) is 28.9 Å². The van der Waals surface area contributed by atoms with Gasteiger partial charge < -0.3 is 14.6 Å². The molecule has 1 aromatic heterocycles. The van der Waals surface area contributed by atoms with Crippen molar-refractivity contribution in [1.82, 2.24) is 10.2 Å². The Kier molecular flexibility index (Phi) is 3.78. The van der Waals surface area contributed by atoms with Crippen LogP contribution < -0.4 is 5.32 Å². The van der Waals surface area contributed by atoms with E-state index in [1.54, 1.807) is 6.26 Å². The van der Waals surface area contributed by atoms with Gasteiger partial charge in [-0.1, -0.05) is 6.42 Å². The minimum atomic E-state index is 0.647. The second-order valence-corrected chi connectivity index (χ2v) is 6.50. The molecule has 2 bridgehead atoms. The summed E-state index contributed by atoms with van der Waals surface area (Å²) in [7, 11) is 2.30. The fourth-order valence-corrected chi connectivity index (χ4v) is 3.81. The highest BCUT2D eigenvalue weighted by Gasteiger charge is 2.35. The van der Waals surface area contributed by atoms with Gasteiger partial charge in [-0.15, -0.1) is 0 Å². The summed E-state index contributed by atoms with van der Waals surface area (Å²) in [4.78, 5) is 2.60. The van der Waals surface area contributed by atoms with Crippen LogP contribution in [0.25, 0.3) is 0 Å². The zero-order valence-electron chi connectivity index (χ0n) is 10.9. The molecule has 2 fully saturated rings. The number of nitrogens with zero attached hydrogens (tertiary/aromatic N) is 1. The first-order chi connectivity index (χ1) is 8.74. The van der Waals surface area contributed by atoms with Crippen molar-refractivity contribution in [3.05, 3.63) is 22.6 Å². The van der Waals surface area contributed by atoms with E-state index in [2.05, 4.69) is 33.2 Å². The Morgan fingerprint density at radius 1 is 1.39 bits per heavy atom. The lowest BCUT2D eigenvalue weighted by Crippen LogP contribution is -2.54. The first-order valence-electron chi connectivity index (χ1n) is 6.91. The molecule has 4 heteroatoms. The highest BCUT2D eigenvalue weighted by molar-refractivity contribution is 9.10. The minimum Gasteiger partial charge on any atom is -0.467 e. The molecule has 1 N–H and O–H groups in total. The summed E-state index contributed by atoms with van der Waals surface area (Å²) >= 11 is 3.51. The maximum absolute atomic E-state index is 5.45. The van der Waals surface area contributed by atoms with Crippen molar-refractivity contribution in [2.75, 3.05) is 7.05 Å². The molecule has 2 saturated heterocycles. The molecule has 0 amide bonds. The third-order valence-electron chi connectivity index (χ3n) is 4.58. The van der Waals surface area contributed by atoms with Crippen molar-refractivity contribution in [2.45, 2.75) is 56.8 Å². The largest absolute Gasteiger partial charge is 0.467 e. The van der Waals surface area contributed by atoms with Crippen molar-refractivity contribution < 1.29 is 4.42 Å². The van der Waals surface area contributed by atoms with Crippen molar-refractivity contribution in [3.8, 4) is 0 Å². The Hall–Kier alpha value is -0.320. The monoisotopic (exact) mass is 312 g/mol. The van der Waals surface area contributed by atoms with Crippen LogP contribution in [0.1, 0.15) is 37.9 Å². The normalized spacial score (nSPS) is 32.7. The number of hydrogen-bond donors (Lipinski definition) is 1. The van der Waals surface area contributed by atoms with E-state index in [0.29, 0.717) is 6.04 Å². The Morgan fingerprint density at radius 3 is 2.72 bits per heavy atom. The first kappa shape index (κ1) is 12.7. The molecule has 1 aromatic rings. The van der Waals surface area contributed by atoms with E-state index in [1.807, 2.05) is 6.07 Å². The van der Waals surface area contributed by atoms with E-state index >= 15 is 0 Å². The van der Waals surface area contributed by atoms with Gasteiger partial charge in [-0.25, -0.2) is 0 Å². The highest BCUT2D eigenvalue weighted by Crippen LogP contribution is 2.32. The Bertz CT molecular complexity index is 392. The molecule has 0 spiro atoms. The molecule has 3 nitrogen and oxygen atoms in total. The van der Waals surface area contributed by atoms with Crippen LogP contribution in [-0.2, 0) is 6.54 Å². The van der Waals surface area contributed by atoms with Crippen LogP contribution in [-0.4, -0.2) is 30.1 Å². The van der Waals surface area contributed by atoms with Gasteiger partial charge in [0.1, 0.15) is 5.76 Å². The molecule has 2 atom stereocenters. The van der Waals surface area contributed by atoms with Gasteiger partial charge >= 0.3 is 0 Å². The molecular weight excluding hydrogens is 292 g/mol. The summed E-state index contributed by atoms with van der Waals surface area (Å²) in [6.45, 7) is 0.835. The molecule has 18 heavy (non-hydrogen) atoms. The second kappa shape index (κ2) is 5.35. The number of furan rings is 1. The van der Waals surface area contributed by atoms with Crippen molar-refractivity contribution in [3.63, 3.8) is 0 Å². The van der Waals surface area contributed by atoms with Gasteiger partial charge in [-0.2, -0.15) is 0 Å². The molecule has 0 saturated carbocycles. The van der Waals surface area contributed by atoms with Crippen LogP contribution >= 0.6 is 15.9 Å². The zero-order chi connectivity index (χ0) is 12.5. The van der Waals surface area contributed by atoms with Crippen LogP contribution in [0.4, 0.5) is 0 Å². The predicted molar refractivity (Wildman–Crippen MR) is 75.5 cm³/mol. The SMILES string of the molecule is CN1C2CCCC1CC(NCc1occc1Br)C2. The molecule has 2 aliphatic heterocycles. The van der Waals surface area contributed by atoms with Gasteiger partial charge in [0.25, 0.3) is 0 Å². The Labute approximate surface area is 117 Å². The van der Waals surface area contributed by atoms with Crippen molar-refractivity contribution in [1.29, 1.82) is 0 Å². The van der Waals surface area contributed by atoms with Gasteiger partial charge in [0.2, 0.25) is 0 Å². The number of nitrogens with one attached hydrogen (secondary N) is 1. The second-order valence-electron chi connectivity index (χ2n) is 5.64. The van der Waals surface area contributed by atoms with Crippen molar-refractivity contribution >= 4 is 15.9 Å². The van der Waals surface area contributed by atoms with Gasteiger partial charge in [0.15, 0.2) is 0 Å². The average Bonchev–Trinajstić information content (AvgIpc) is 2.73. The average molecular weight is 313 g/mol. The van der Waals surface area contributed by atoms with Crippen LogP contribution in [0.3, 0.4) is 0 Å². The Morgan fingerprint density at radius 2 is 2.11 bits per heavy atom. The summed E-state index contributed by atoms with van der Waals surface area (Å²) in [5.74, 6) is 1.01. The van der Waals surface area contributed by atoms with Gasteiger partial charge in [-0.05, 0) is 54.7 Å². The van der Waals surface area contributed by atoms with Crippen LogP contribution in [0.2, 0.25) is 0 Å². The molecule has 3 rings (SSSR count). The van der Waals surface area contributed by atoms with E-state index in [1.165, 1.54) is 32.1 Å². The fraction of sp³-hybridized carbons (Fsp3) is 0.714. The van der Waals surface area contributed by atoms with Gasteiger partial charge in [0.05, 0.1) is 17.3 Å². The lowest BCUT2D eigenvalue weighted by atomic mass is 9.82. The standard InChI is InChI=1S/C14H21BrN2O/c1-17-11-3-2-4-12(17)8-10(7-11)16-9-14-13(15)5-6-18-14/h5-6,10-12,16H,2-4,7-9H2,1H3. The van der Waals surface area contributed by atoms with E-state index in [4.69, 9.17) is 4.42 Å². The quantitative estimate of drug-likeness (QED) is 0.929. The molecule has 0 aromatic carbocycles. The van der Waals surface area contributed by atoms with E-state index in [9.17, 15) is 0 Å². The number of piperidine rings is 2. The lowest BCUT2D eigenvalue weighted by Gasteiger charge is -2.47. The smallest absolute Gasteiger partial charge is 0.131 e. The maximum Gasteiger partial charge on any atom is 0.131 e. The fourth-order valence-electron chi connectivity index (χ4n) is 3.47. The predicted octanol–water partition coefficient (Wildman–Crippen LogP) is 3.15. The number of fused-ring (bicyclic) bond motifs is 2. The third kappa shape index (κ3) is 2.51. The van der Waals surface area contributed by atoms with Crippen LogP contribution in [0.5, 0.6) is 0 Å². The van der Waals surface area contributed by atoms with Crippen molar-refractivity contribution in [2.24, 2.45) is 0 Å². The van der Waals surface area contributed by atoms with Gasteiger partial charge in [-0.3, -0.25) is 0 Å². The number of rotatable bonds is 3. The minimum absolute atomic E-state index is 0.647. The molecule has 100 valence electrons. The lowest BCUT2D eigenvalue weighted by molar-refractivity contribution is 0.0478. The summed E-state index contributed by atoms with van der Waals surface area (Å²) < 4.78 is 6.52. The summed E-state index contributed by atoms with van der Waals surface area (Å²) in [6.07, 6.45) is 8.46. The Balaban J connectivity index is 1.57. The summed E-state index contributed by atoms with van der Waals surface area (Å²) in [5.41, 5.74) is 0. The molecule has 3 heterocycles. The molecule has 0 aliphatic carbocycles. The zero-order valence-corrected chi connectivity index (χ0v) is 12.4. The van der Waals surface area contributed by atoms with E-state index in [-0.39, 0.29) is 0 Å². The molecule has 2 unspecified atom stereocenters. The molecule has 2 aliphatic rings. The van der Waals surface area contributed by atoms with E-state index < -0.39 is 0 Å². The van der Waals surface area contributed by atoms with Crippen LogP contribution in [0, 0.1) is 0 Å². The number of hydrogen-bond acceptors (Lipinski definition) is 3. The molecule has 0 radical (unpaired) electrons. The summed E-state index contributed by atoms with van der Waals surface area (Å²) in [6, 6.07) is 4.18. The highest BCUT2D eigenvalue weighted by atomic mass is 79.9. The third-order valence-corrected chi connectivity index (χ3v) is 5.29. The molecular formula is C14H21BrN2O. The summed E-state index contributed by atoms with van der Waals surface area (Å²) in [5, 5.41) is 3.66. The number of halogens is 1. The van der Waals surface area contributed by atoms with Crippen LogP contribution in [0.15, 0.2) is 21.2 Å². The maximum atomic E-state index is 5.45. The van der Waals surface area contributed by atoms with Gasteiger partial charge in [0, 0.05) is 18.1 Å². The first-order valence-corrected chi connectivity index (χ1v) is 7.70. The topological polar surface area (TPSA) is 28.4 Å².